The molecule has 1 aromatic rings. The summed E-state index contributed by atoms with van der Waals surface area (Å²) < 4.78 is 0. The molecule has 0 aliphatic heterocycles. The van der Waals surface area contributed by atoms with Crippen molar-refractivity contribution in [3.8, 4) is 6.07 Å². The molecular formula is C9H11N3O2. The largest absolute Gasteiger partial charge is 0.399 e. The zero-order valence-corrected chi connectivity index (χ0v) is 7.46. The van der Waals surface area contributed by atoms with Crippen LogP contribution in [-0.2, 0) is 0 Å². The summed E-state index contributed by atoms with van der Waals surface area (Å²) in [6.45, 7) is 0. The van der Waals surface area contributed by atoms with E-state index in [1.54, 1.807) is 12.1 Å². The van der Waals surface area contributed by atoms with Gasteiger partial charge in [0.05, 0.1) is 24.3 Å². The second-order valence-corrected chi connectivity index (χ2v) is 2.89. The summed E-state index contributed by atoms with van der Waals surface area (Å²) in [5.41, 5.74) is 6.20. The smallest absolute Gasteiger partial charge is 0.123 e. The van der Waals surface area contributed by atoms with Crippen LogP contribution >= 0.6 is 0 Å². The Hall–Kier alpha value is -1.64. The van der Waals surface area contributed by atoms with Gasteiger partial charge in [-0.05, 0) is 12.1 Å². The van der Waals surface area contributed by atoms with Crippen LogP contribution in [0.3, 0.4) is 0 Å². The lowest BCUT2D eigenvalue weighted by Gasteiger charge is -2.14. The Morgan fingerprint density at radius 2 is 2.29 bits per heavy atom. The van der Waals surface area contributed by atoms with Crippen molar-refractivity contribution < 1.29 is 10.2 Å². The Bertz CT molecular complexity index is 348. The highest BCUT2D eigenvalue weighted by Crippen LogP contribution is 2.17. The quantitative estimate of drug-likeness (QED) is 0.625. The summed E-state index contributed by atoms with van der Waals surface area (Å²) in [5.74, 6) is 0. The monoisotopic (exact) mass is 193 g/mol. The van der Waals surface area contributed by atoms with Gasteiger partial charge in [-0.3, -0.25) is 4.98 Å². The fourth-order valence-corrected chi connectivity index (χ4v) is 1.03. The van der Waals surface area contributed by atoms with Crippen molar-refractivity contribution in [2.24, 2.45) is 0 Å². The van der Waals surface area contributed by atoms with Gasteiger partial charge in [-0.15, -0.1) is 0 Å². The van der Waals surface area contributed by atoms with Crippen molar-refractivity contribution in [2.45, 2.75) is 18.6 Å². The minimum Gasteiger partial charge on any atom is -0.399 e. The second-order valence-electron chi connectivity index (χ2n) is 2.89. The number of rotatable bonds is 3. The van der Waals surface area contributed by atoms with E-state index in [2.05, 4.69) is 4.98 Å². The number of nitriles is 1. The third-order valence-electron chi connectivity index (χ3n) is 1.77. The molecule has 0 saturated heterocycles. The molecule has 1 heterocycles. The Morgan fingerprint density at radius 1 is 1.57 bits per heavy atom. The summed E-state index contributed by atoms with van der Waals surface area (Å²) in [6, 6.07) is 4.80. The van der Waals surface area contributed by atoms with E-state index >= 15 is 0 Å². The van der Waals surface area contributed by atoms with Crippen molar-refractivity contribution in [2.75, 3.05) is 5.73 Å². The number of aliphatic hydroxyl groups excluding tert-OH is 2. The number of aromatic nitrogens is 1. The van der Waals surface area contributed by atoms with Crippen molar-refractivity contribution in [1.82, 2.24) is 4.98 Å². The Morgan fingerprint density at radius 3 is 2.86 bits per heavy atom. The third kappa shape index (κ3) is 2.42. The molecule has 2 unspecified atom stereocenters. The van der Waals surface area contributed by atoms with Crippen LogP contribution in [0.2, 0.25) is 0 Å². The van der Waals surface area contributed by atoms with E-state index < -0.39 is 12.2 Å². The number of nitrogens with two attached hydrogens (primary N) is 1. The third-order valence-corrected chi connectivity index (χ3v) is 1.77. The molecule has 2 atom stereocenters. The number of hydrogen-bond acceptors (Lipinski definition) is 5. The van der Waals surface area contributed by atoms with Gasteiger partial charge in [-0.2, -0.15) is 5.26 Å². The molecule has 1 aromatic heterocycles. The van der Waals surface area contributed by atoms with Gasteiger partial charge in [-0.1, -0.05) is 0 Å². The predicted octanol–water partition coefficient (Wildman–Crippen LogP) is -0.0282. The molecule has 0 radical (unpaired) electrons. The van der Waals surface area contributed by atoms with Gasteiger partial charge in [0.2, 0.25) is 0 Å². The zero-order chi connectivity index (χ0) is 10.6. The van der Waals surface area contributed by atoms with E-state index in [9.17, 15) is 10.2 Å². The minimum absolute atomic E-state index is 0.141. The average Bonchev–Trinajstić information content (AvgIpc) is 2.17. The molecule has 74 valence electrons. The minimum atomic E-state index is -1.17. The summed E-state index contributed by atoms with van der Waals surface area (Å²) in [6.07, 6.45) is -1.00. The zero-order valence-electron chi connectivity index (χ0n) is 7.46. The lowest BCUT2D eigenvalue weighted by Crippen LogP contribution is -2.18. The number of aliphatic hydroxyl groups is 2. The lowest BCUT2D eigenvalue weighted by molar-refractivity contribution is 0.0191. The molecule has 0 aliphatic carbocycles. The van der Waals surface area contributed by atoms with Crippen molar-refractivity contribution in [1.29, 1.82) is 5.26 Å². The first-order valence-electron chi connectivity index (χ1n) is 4.09. The predicted molar refractivity (Wildman–Crippen MR) is 49.8 cm³/mol. The highest BCUT2D eigenvalue weighted by atomic mass is 16.3. The molecule has 0 amide bonds. The van der Waals surface area contributed by atoms with Gasteiger partial charge in [0.15, 0.2) is 0 Å². The molecule has 0 saturated carbocycles. The summed E-state index contributed by atoms with van der Waals surface area (Å²) in [5, 5.41) is 27.2. The number of nitrogens with zero attached hydrogens (tertiary/aromatic N) is 2. The normalized spacial score (nSPS) is 14.4. The topological polar surface area (TPSA) is 103 Å². The van der Waals surface area contributed by atoms with Crippen molar-refractivity contribution in [3.63, 3.8) is 0 Å². The van der Waals surface area contributed by atoms with Crippen molar-refractivity contribution >= 4 is 5.69 Å². The van der Waals surface area contributed by atoms with Gasteiger partial charge in [0.1, 0.15) is 6.10 Å². The van der Waals surface area contributed by atoms with Gasteiger partial charge in [0.25, 0.3) is 0 Å². The molecule has 0 bridgehead atoms. The number of hydrogen-bond donors (Lipinski definition) is 3. The first-order valence-corrected chi connectivity index (χ1v) is 4.09. The molecule has 5 nitrogen and oxygen atoms in total. The van der Waals surface area contributed by atoms with Crippen LogP contribution < -0.4 is 5.73 Å². The van der Waals surface area contributed by atoms with Crippen molar-refractivity contribution in [3.05, 3.63) is 24.0 Å². The number of nitrogen functional groups attached to an aromatic ring is 1. The SMILES string of the molecule is N#CCC(O)C(O)c1cc(N)ccn1. The second kappa shape index (κ2) is 4.56. The summed E-state index contributed by atoms with van der Waals surface area (Å²) in [4.78, 5) is 3.84. The van der Waals surface area contributed by atoms with Crippen LogP contribution in [-0.4, -0.2) is 21.3 Å². The Balaban J connectivity index is 2.79. The highest BCUT2D eigenvalue weighted by Gasteiger charge is 2.19. The first kappa shape index (κ1) is 10.4. The molecule has 4 N–H and O–H groups in total. The molecule has 0 fully saturated rings. The van der Waals surface area contributed by atoms with Crippen LogP contribution in [0.15, 0.2) is 18.3 Å². The van der Waals surface area contributed by atoms with E-state index in [0.29, 0.717) is 5.69 Å². The molecule has 14 heavy (non-hydrogen) atoms. The fourth-order valence-electron chi connectivity index (χ4n) is 1.03. The maximum Gasteiger partial charge on any atom is 0.123 e. The summed E-state index contributed by atoms with van der Waals surface area (Å²) in [7, 11) is 0. The number of pyridine rings is 1. The lowest BCUT2D eigenvalue weighted by atomic mass is 10.1. The Labute approximate surface area is 81.4 Å². The van der Waals surface area contributed by atoms with E-state index in [0.717, 1.165) is 0 Å². The van der Waals surface area contributed by atoms with Gasteiger partial charge >= 0.3 is 0 Å². The van der Waals surface area contributed by atoms with E-state index in [1.165, 1.54) is 12.3 Å². The van der Waals surface area contributed by atoms with Gasteiger partial charge in [0, 0.05) is 11.9 Å². The van der Waals surface area contributed by atoms with Crippen LogP contribution in [0.4, 0.5) is 5.69 Å². The van der Waals surface area contributed by atoms with Gasteiger partial charge < -0.3 is 15.9 Å². The van der Waals surface area contributed by atoms with Crippen LogP contribution in [0, 0.1) is 11.3 Å². The van der Waals surface area contributed by atoms with Crippen LogP contribution in [0.25, 0.3) is 0 Å². The van der Waals surface area contributed by atoms with Crippen LogP contribution in [0.1, 0.15) is 18.2 Å². The fraction of sp³-hybridized carbons (Fsp3) is 0.333. The molecule has 0 aliphatic rings. The highest BCUT2D eigenvalue weighted by molar-refractivity contribution is 5.37. The van der Waals surface area contributed by atoms with E-state index in [1.807, 2.05) is 0 Å². The molecule has 5 heteroatoms. The number of anilines is 1. The first-order chi connectivity index (χ1) is 6.65. The van der Waals surface area contributed by atoms with Crippen LogP contribution in [0.5, 0.6) is 0 Å². The van der Waals surface area contributed by atoms with E-state index in [4.69, 9.17) is 11.0 Å². The maximum atomic E-state index is 9.53. The molecule has 0 aromatic carbocycles. The molecular weight excluding hydrogens is 182 g/mol. The standard InChI is InChI=1S/C9H11N3O2/c10-3-1-8(13)9(14)7-5-6(11)2-4-12-7/h2,4-5,8-9,13-14H,1H2,(H2,11,12). The summed E-state index contributed by atoms with van der Waals surface area (Å²) >= 11 is 0. The maximum absolute atomic E-state index is 9.53. The molecule has 0 spiro atoms. The molecule has 1 rings (SSSR count). The van der Waals surface area contributed by atoms with E-state index in [-0.39, 0.29) is 12.1 Å². The Kier molecular flexibility index (Phi) is 3.40. The van der Waals surface area contributed by atoms with Gasteiger partial charge in [-0.25, -0.2) is 0 Å². The average molecular weight is 193 g/mol.